The summed E-state index contributed by atoms with van der Waals surface area (Å²) >= 11 is 0. The van der Waals surface area contributed by atoms with E-state index in [9.17, 15) is 0 Å². The molecule has 0 unspecified atom stereocenters. The van der Waals surface area contributed by atoms with Crippen LogP contribution in [0.5, 0.6) is 0 Å². The normalized spacial score (nSPS) is 10.9. The van der Waals surface area contributed by atoms with Crippen LogP contribution in [0.4, 0.5) is 0 Å². The number of aromatic nitrogens is 4. The minimum absolute atomic E-state index is 0.856. The third-order valence-corrected chi connectivity index (χ3v) is 2.61. The van der Waals surface area contributed by atoms with Gasteiger partial charge >= 0.3 is 0 Å². The maximum atomic E-state index is 4.54. The second kappa shape index (κ2) is 3.66. The van der Waals surface area contributed by atoms with E-state index in [4.69, 9.17) is 0 Å². The molecule has 0 saturated carbocycles. The number of nitrogens with zero attached hydrogens (tertiary/aromatic N) is 4. The van der Waals surface area contributed by atoms with Crippen molar-refractivity contribution in [3.8, 4) is 11.3 Å². The van der Waals surface area contributed by atoms with E-state index in [0.717, 1.165) is 28.3 Å². The first kappa shape index (κ1) is 9.96. The second-order valence-corrected chi connectivity index (χ2v) is 4.09. The molecule has 0 bridgehead atoms. The molecule has 3 aromatic heterocycles. The van der Waals surface area contributed by atoms with Crippen LogP contribution in [0, 0.1) is 13.8 Å². The topological polar surface area (TPSA) is 43.1 Å². The Kier molecular flexibility index (Phi) is 2.14. The summed E-state index contributed by atoms with van der Waals surface area (Å²) < 4.78 is 1.78. The summed E-state index contributed by atoms with van der Waals surface area (Å²) in [5.41, 5.74) is 4.88. The van der Waals surface area contributed by atoms with Gasteiger partial charge in [0.1, 0.15) is 0 Å². The molecule has 4 nitrogen and oxygen atoms in total. The Bertz CT molecular complexity index is 631. The van der Waals surface area contributed by atoms with Crippen LogP contribution in [0.2, 0.25) is 0 Å². The third-order valence-electron chi connectivity index (χ3n) is 2.61. The van der Waals surface area contributed by atoms with Gasteiger partial charge in [-0.05, 0) is 38.1 Å². The molecule has 3 aromatic rings. The van der Waals surface area contributed by atoms with Crippen LogP contribution in [-0.2, 0) is 0 Å². The number of hydrogen-bond donors (Lipinski definition) is 0. The summed E-state index contributed by atoms with van der Waals surface area (Å²) in [6.07, 6.45) is 3.69. The lowest BCUT2D eigenvalue weighted by molar-refractivity contribution is 0.936. The Morgan fingerprint density at radius 3 is 2.53 bits per heavy atom. The van der Waals surface area contributed by atoms with E-state index in [-0.39, 0.29) is 0 Å². The maximum absolute atomic E-state index is 4.54. The highest BCUT2D eigenvalue weighted by Crippen LogP contribution is 2.19. The molecule has 0 aromatic carbocycles. The highest BCUT2D eigenvalue weighted by molar-refractivity contribution is 5.62. The third kappa shape index (κ3) is 1.78. The lowest BCUT2D eigenvalue weighted by Gasteiger charge is -2.00. The van der Waals surface area contributed by atoms with E-state index in [1.165, 1.54) is 0 Å². The minimum atomic E-state index is 0.856. The van der Waals surface area contributed by atoms with Crippen molar-refractivity contribution < 1.29 is 0 Å². The quantitative estimate of drug-likeness (QED) is 0.637. The first-order chi connectivity index (χ1) is 8.22. The van der Waals surface area contributed by atoms with E-state index in [1.807, 2.05) is 44.3 Å². The van der Waals surface area contributed by atoms with Crippen molar-refractivity contribution in [2.24, 2.45) is 0 Å². The molecule has 0 fully saturated rings. The molecule has 0 N–H and O–H groups in total. The van der Waals surface area contributed by atoms with Gasteiger partial charge in [-0.1, -0.05) is 0 Å². The van der Waals surface area contributed by atoms with Gasteiger partial charge in [0.2, 0.25) is 0 Å². The maximum Gasteiger partial charge on any atom is 0.154 e. The van der Waals surface area contributed by atoms with Crippen LogP contribution in [0.25, 0.3) is 16.9 Å². The highest BCUT2D eigenvalue weighted by atomic mass is 15.2. The van der Waals surface area contributed by atoms with Crippen LogP contribution in [-0.4, -0.2) is 19.6 Å². The van der Waals surface area contributed by atoms with Crippen LogP contribution in [0.15, 0.2) is 36.7 Å². The van der Waals surface area contributed by atoms with Crippen molar-refractivity contribution in [3.05, 3.63) is 48.0 Å². The highest BCUT2D eigenvalue weighted by Gasteiger charge is 2.05. The van der Waals surface area contributed by atoms with Gasteiger partial charge in [0.05, 0.1) is 11.9 Å². The Morgan fingerprint density at radius 1 is 1.06 bits per heavy atom. The Hall–Kier alpha value is -2.23. The van der Waals surface area contributed by atoms with E-state index in [0.29, 0.717) is 0 Å². The number of imidazole rings is 1. The van der Waals surface area contributed by atoms with Crippen molar-refractivity contribution in [1.29, 1.82) is 0 Å². The van der Waals surface area contributed by atoms with Crippen LogP contribution in [0.3, 0.4) is 0 Å². The van der Waals surface area contributed by atoms with Gasteiger partial charge in [0, 0.05) is 23.1 Å². The molecule has 0 atom stereocenters. The van der Waals surface area contributed by atoms with E-state index in [1.54, 1.807) is 10.7 Å². The van der Waals surface area contributed by atoms with Crippen LogP contribution < -0.4 is 0 Å². The van der Waals surface area contributed by atoms with Crippen LogP contribution >= 0.6 is 0 Å². The van der Waals surface area contributed by atoms with Gasteiger partial charge in [0.25, 0.3) is 0 Å². The molecule has 0 aliphatic carbocycles. The smallest absolute Gasteiger partial charge is 0.154 e. The molecule has 0 saturated heterocycles. The lowest BCUT2D eigenvalue weighted by atomic mass is 10.1. The average Bonchev–Trinajstić information content (AvgIpc) is 2.71. The second-order valence-electron chi connectivity index (χ2n) is 4.09. The Balaban J connectivity index is 2.20. The van der Waals surface area contributed by atoms with Crippen molar-refractivity contribution in [2.75, 3.05) is 0 Å². The largest absolute Gasteiger partial charge is 0.258 e. The summed E-state index contributed by atoms with van der Waals surface area (Å²) in [5, 5.41) is 4.21. The monoisotopic (exact) mass is 224 g/mol. The molecule has 4 heteroatoms. The van der Waals surface area contributed by atoms with Crippen LogP contribution in [0.1, 0.15) is 11.4 Å². The Labute approximate surface area is 99.0 Å². The molecular weight excluding hydrogens is 212 g/mol. The van der Waals surface area contributed by atoms with E-state index in [2.05, 4.69) is 15.1 Å². The number of aryl methyl sites for hydroxylation is 2. The van der Waals surface area contributed by atoms with E-state index >= 15 is 0 Å². The zero-order valence-corrected chi connectivity index (χ0v) is 9.75. The van der Waals surface area contributed by atoms with Gasteiger partial charge in [-0.25, -0.2) is 9.50 Å². The van der Waals surface area contributed by atoms with E-state index < -0.39 is 0 Å². The number of hydrogen-bond acceptors (Lipinski definition) is 3. The molecule has 3 heterocycles. The minimum Gasteiger partial charge on any atom is -0.258 e. The van der Waals surface area contributed by atoms with Gasteiger partial charge in [-0.3, -0.25) is 4.98 Å². The number of fused-ring (bicyclic) bond motifs is 1. The average molecular weight is 224 g/mol. The van der Waals surface area contributed by atoms with Gasteiger partial charge in [-0.2, -0.15) is 5.10 Å². The molecular formula is C13H12N4. The first-order valence-electron chi connectivity index (χ1n) is 5.48. The summed E-state index contributed by atoms with van der Waals surface area (Å²) in [6, 6.07) is 7.90. The fourth-order valence-electron chi connectivity index (χ4n) is 1.95. The molecule has 0 aliphatic rings. The zero-order valence-electron chi connectivity index (χ0n) is 9.75. The van der Waals surface area contributed by atoms with Crippen molar-refractivity contribution in [1.82, 2.24) is 19.6 Å². The molecule has 0 radical (unpaired) electrons. The molecule has 3 rings (SSSR count). The van der Waals surface area contributed by atoms with Gasteiger partial charge in [0.15, 0.2) is 5.65 Å². The Morgan fingerprint density at radius 2 is 1.82 bits per heavy atom. The number of pyridine rings is 1. The first-order valence-corrected chi connectivity index (χ1v) is 5.48. The fourth-order valence-corrected chi connectivity index (χ4v) is 1.95. The molecule has 17 heavy (non-hydrogen) atoms. The summed E-state index contributed by atoms with van der Waals surface area (Å²) in [7, 11) is 0. The molecule has 0 aliphatic heterocycles. The van der Waals surface area contributed by atoms with Crippen molar-refractivity contribution in [3.63, 3.8) is 0 Å². The fraction of sp³-hybridized carbons (Fsp3) is 0.154. The molecule has 84 valence electrons. The molecule has 0 amide bonds. The number of rotatable bonds is 1. The molecule has 0 spiro atoms. The summed E-state index contributed by atoms with van der Waals surface area (Å²) in [6.45, 7) is 3.98. The van der Waals surface area contributed by atoms with Crippen molar-refractivity contribution >= 4 is 5.65 Å². The summed E-state index contributed by atoms with van der Waals surface area (Å²) in [4.78, 5) is 8.90. The standard InChI is InChI=1S/C13H12N4/c1-9-6-11(7-10(2)15-9)12-8-17-13(16-12)4-3-5-14-17/h3-8H,1-2H3. The predicted molar refractivity (Wildman–Crippen MR) is 65.7 cm³/mol. The van der Waals surface area contributed by atoms with Gasteiger partial charge < -0.3 is 0 Å². The lowest BCUT2D eigenvalue weighted by Crippen LogP contribution is -1.88. The summed E-state index contributed by atoms with van der Waals surface area (Å²) in [5.74, 6) is 0. The predicted octanol–water partition coefficient (Wildman–Crippen LogP) is 2.41. The van der Waals surface area contributed by atoms with Crippen molar-refractivity contribution in [2.45, 2.75) is 13.8 Å². The SMILES string of the molecule is Cc1cc(-c2cn3ncccc3n2)cc(C)n1. The van der Waals surface area contributed by atoms with Gasteiger partial charge in [-0.15, -0.1) is 0 Å². The zero-order chi connectivity index (χ0) is 11.8.